The van der Waals surface area contributed by atoms with Crippen LogP contribution in [0.3, 0.4) is 0 Å². The molecule has 6 heteroatoms. The Morgan fingerprint density at radius 1 is 1.08 bits per heavy atom. The van der Waals surface area contributed by atoms with Crippen molar-refractivity contribution < 1.29 is 13.9 Å². The SMILES string of the molecule is CN1CCN(CC(=O)OC2CC[C@@]3(C)[C@H](CC[C@H]4C5=CC[C@H](c6ccc(=O)oc6)[C@@]5(C)CC[C@@H]43)C2)CC1. The van der Waals surface area contributed by atoms with E-state index in [2.05, 4.69) is 36.8 Å². The van der Waals surface area contributed by atoms with Gasteiger partial charge in [0.2, 0.25) is 0 Å². The van der Waals surface area contributed by atoms with Crippen molar-refractivity contribution in [1.29, 1.82) is 0 Å². The summed E-state index contributed by atoms with van der Waals surface area (Å²) >= 11 is 0. The predicted molar refractivity (Wildman–Crippen MR) is 143 cm³/mol. The van der Waals surface area contributed by atoms with Crippen molar-refractivity contribution in [2.24, 2.45) is 28.6 Å². The Labute approximate surface area is 221 Å². The molecule has 0 spiro atoms. The Morgan fingerprint density at radius 2 is 1.89 bits per heavy atom. The van der Waals surface area contributed by atoms with Gasteiger partial charge in [-0.15, -0.1) is 0 Å². The maximum Gasteiger partial charge on any atom is 0.335 e. The number of nitrogens with zero attached hydrogens (tertiary/aromatic N) is 2. The second kappa shape index (κ2) is 9.68. The lowest BCUT2D eigenvalue weighted by Gasteiger charge is -2.59. The first-order chi connectivity index (χ1) is 17.8. The number of fused-ring (bicyclic) bond motifs is 5. The molecule has 1 unspecified atom stereocenters. The fourth-order valence-corrected chi connectivity index (χ4v) is 9.14. The first-order valence-corrected chi connectivity index (χ1v) is 14.7. The zero-order valence-corrected chi connectivity index (χ0v) is 22.9. The first kappa shape index (κ1) is 25.4. The molecule has 0 amide bonds. The Morgan fingerprint density at radius 3 is 2.65 bits per heavy atom. The second-order valence-corrected chi connectivity index (χ2v) is 13.3. The van der Waals surface area contributed by atoms with Crippen molar-refractivity contribution >= 4 is 5.97 Å². The molecule has 7 atom stereocenters. The lowest BCUT2D eigenvalue weighted by atomic mass is 9.46. The number of hydrogen-bond acceptors (Lipinski definition) is 6. The Bertz CT molecular complexity index is 1080. The van der Waals surface area contributed by atoms with E-state index in [0.717, 1.165) is 51.4 Å². The van der Waals surface area contributed by atoms with Gasteiger partial charge in [-0.1, -0.05) is 25.5 Å². The molecule has 37 heavy (non-hydrogen) atoms. The maximum absolute atomic E-state index is 12.7. The first-order valence-electron chi connectivity index (χ1n) is 14.7. The normalized spacial score (nSPS) is 40.3. The Hall–Kier alpha value is -1.92. The van der Waals surface area contributed by atoms with E-state index in [1.54, 1.807) is 17.9 Å². The van der Waals surface area contributed by atoms with E-state index in [1.165, 1.54) is 37.7 Å². The van der Waals surface area contributed by atoms with Gasteiger partial charge in [-0.3, -0.25) is 9.69 Å². The van der Waals surface area contributed by atoms with E-state index in [-0.39, 0.29) is 23.1 Å². The largest absolute Gasteiger partial charge is 0.461 e. The van der Waals surface area contributed by atoms with Crippen LogP contribution in [0.2, 0.25) is 0 Å². The fraction of sp³-hybridized carbons (Fsp3) is 0.742. The topological polar surface area (TPSA) is 63.0 Å². The number of likely N-dealkylation sites (N-methyl/N-ethyl adjacent to an activating group) is 1. The third kappa shape index (κ3) is 4.52. The Kier molecular flexibility index (Phi) is 6.63. The third-order valence-electron chi connectivity index (χ3n) is 11.4. The van der Waals surface area contributed by atoms with Crippen LogP contribution in [-0.2, 0) is 9.53 Å². The number of rotatable bonds is 4. The number of carbonyl (C=O) groups is 1. The number of piperazine rings is 1. The molecule has 202 valence electrons. The fourth-order valence-electron chi connectivity index (χ4n) is 9.14. The molecular formula is C31H44N2O4. The van der Waals surface area contributed by atoms with E-state index >= 15 is 0 Å². The van der Waals surface area contributed by atoms with Crippen LogP contribution in [0, 0.1) is 28.6 Å². The molecule has 0 bridgehead atoms. The zero-order valence-electron chi connectivity index (χ0n) is 22.9. The predicted octanol–water partition coefficient (Wildman–Crippen LogP) is 4.85. The number of esters is 1. The third-order valence-corrected chi connectivity index (χ3v) is 11.4. The molecule has 0 radical (unpaired) electrons. The minimum atomic E-state index is -0.268. The molecule has 0 aromatic carbocycles. The zero-order chi connectivity index (χ0) is 25.8. The molecule has 1 saturated heterocycles. The van der Waals surface area contributed by atoms with E-state index in [0.29, 0.717) is 29.7 Å². The van der Waals surface area contributed by atoms with Crippen LogP contribution in [-0.4, -0.2) is 61.6 Å². The van der Waals surface area contributed by atoms with Crippen molar-refractivity contribution in [2.75, 3.05) is 39.8 Å². The molecule has 1 aromatic heterocycles. The summed E-state index contributed by atoms with van der Waals surface area (Å²) in [6.07, 6.45) is 13.6. The highest BCUT2D eigenvalue weighted by Crippen LogP contribution is 2.67. The van der Waals surface area contributed by atoms with Gasteiger partial charge >= 0.3 is 11.6 Å². The summed E-state index contributed by atoms with van der Waals surface area (Å²) in [6.45, 7) is 9.41. The van der Waals surface area contributed by atoms with Crippen molar-refractivity contribution in [2.45, 2.75) is 77.2 Å². The molecule has 4 fully saturated rings. The molecule has 0 N–H and O–H groups in total. The highest BCUT2D eigenvalue weighted by molar-refractivity contribution is 5.71. The summed E-state index contributed by atoms with van der Waals surface area (Å²) < 4.78 is 11.3. The number of hydrogen-bond donors (Lipinski definition) is 0. The van der Waals surface area contributed by atoms with E-state index in [9.17, 15) is 9.59 Å². The second-order valence-electron chi connectivity index (χ2n) is 13.3. The standard InChI is InChI=1S/C31H44N2O4/c1-30-12-10-23(37-29(35)19-33-16-14-32(3)15-17-33)18-22(30)5-6-24-26-8-7-25(21-4-9-28(34)36-20-21)31(26,2)13-11-27(24)30/h4,8-9,20,22-25,27H,5-7,10-19H2,1-3H3/t22-,23?,24+,25-,27+,30+,31-/m1/s1. The highest BCUT2D eigenvalue weighted by Gasteiger charge is 2.58. The number of ether oxygens (including phenoxy) is 1. The van der Waals surface area contributed by atoms with Crippen LogP contribution >= 0.6 is 0 Å². The van der Waals surface area contributed by atoms with E-state index in [1.807, 2.05) is 6.07 Å². The van der Waals surface area contributed by atoms with Gasteiger partial charge in [0.25, 0.3) is 0 Å². The van der Waals surface area contributed by atoms with Gasteiger partial charge in [0, 0.05) is 32.2 Å². The smallest absolute Gasteiger partial charge is 0.335 e. The molecule has 1 aliphatic heterocycles. The van der Waals surface area contributed by atoms with Crippen molar-refractivity contribution in [3.05, 3.63) is 46.0 Å². The van der Waals surface area contributed by atoms with Crippen molar-refractivity contribution in [1.82, 2.24) is 9.80 Å². The highest BCUT2D eigenvalue weighted by atomic mass is 16.5. The Balaban J connectivity index is 1.10. The monoisotopic (exact) mass is 508 g/mol. The van der Waals surface area contributed by atoms with E-state index in [4.69, 9.17) is 9.15 Å². The van der Waals surface area contributed by atoms with Crippen LogP contribution < -0.4 is 5.63 Å². The van der Waals surface area contributed by atoms with Crippen molar-refractivity contribution in [3.63, 3.8) is 0 Å². The van der Waals surface area contributed by atoms with Gasteiger partial charge in [0.15, 0.2) is 0 Å². The molecule has 5 aliphatic rings. The lowest BCUT2D eigenvalue weighted by molar-refractivity contribution is -0.159. The van der Waals surface area contributed by atoms with Crippen LogP contribution in [0.1, 0.15) is 76.7 Å². The molecule has 6 nitrogen and oxygen atoms in total. The summed E-state index contributed by atoms with van der Waals surface area (Å²) in [5.74, 6) is 2.42. The quantitative estimate of drug-likeness (QED) is 0.428. The summed E-state index contributed by atoms with van der Waals surface area (Å²) in [6, 6.07) is 3.56. The number of carbonyl (C=O) groups excluding carboxylic acids is 1. The van der Waals surface area contributed by atoms with Crippen LogP contribution in [0.5, 0.6) is 0 Å². The molecule has 1 aromatic rings. The van der Waals surface area contributed by atoms with Crippen LogP contribution in [0.4, 0.5) is 0 Å². The number of allylic oxidation sites excluding steroid dienone is 2. The van der Waals surface area contributed by atoms with Gasteiger partial charge in [0.05, 0.1) is 12.8 Å². The average molecular weight is 509 g/mol. The van der Waals surface area contributed by atoms with Gasteiger partial charge < -0.3 is 14.1 Å². The minimum Gasteiger partial charge on any atom is -0.461 e. The maximum atomic E-state index is 12.7. The molecular weight excluding hydrogens is 464 g/mol. The van der Waals surface area contributed by atoms with Crippen LogP contribution in [0.15, 0.2) is 39.3 Å². The van der Waals surface area contributed by atoms with Gasteiger partial charge in [-0.05, 0) is 105 Å². The summed E-state index contributed by atoms with van der Waals surface area (Å²) in [4.78, 5) is 28.8. The average Bonchev–Trinajstić information content (AvgIpc) is 3.23. The van der Waals surface area contributed by atoms with Gasteiger partial charge in [0.1, 0.15) is 6.10 Å². The molecule has 2 heterocycles. The summed E-state index contributed by atoms with van der Waals surface area (Å²) in [7, 11) is 2.14. The van der Waals surface area contributed by atoms with Gasteiger partial charge in [-0.25, -0.2) is 4.79 Å². The lowest BCUT2D eigenvalue weighted by Crippen LogP contribution is -2.52. The van der Waals surface area contributed by atoms with E-state index < -0.39 is 0 Å². The van der Waals surface area contributed by atoms with Crippen LogP contribution in [0.25, 0.3) is 0 Å². The molecule has 6 rings (SSSR count). The molecule has 3 saturated carbocycles. The summed E-state index contributed by atoms with van der Waals surface area (Å²) in [5.41, 5.74) is 3.09. The minimum absolute atomic E-state index is 0.0285. The summed E-state index contributed by atoms with van der Waals surface area (Å²) in [5, 5.41) is 0. The molecule has 4 aliphatic carbocycles. The van der Waals surface area contributed by atoms with Crippen molar-refractivity contribution in [3.8, 4) is 0 Å². The van der Waals surface area contributed by atoms with Gasteiger partial charge in [-0.2, -0.15) is 0 Å².